The molecule has 1 saturated heterocycles. The van der Waals surface area contributed by atoms with Gasteiger partial charge in [0.25, 0.3) is 0 Å². The summed E-state index contributed by atoms with van der Waals surface area (Å²) in [7, 11) is 0. The number of hydrogen-bond donors (Lipinski definition) is 1. The van der Waals surface area contributed by atoms with Gasteiger partial charge in [-0.2, -0.15) is 0 Å². The molecule has 3 nitrogen and oxygen atoms in total. The van der Waals surface area contributed by atoms with Crippen molar-refractivity contribution in [3.8, 4) is 0 Å². The lowest BCUT2D eigenvalue weighted by Gasteiger charge is -2.13. The zero-order valence-electron chi connectivity index (χ0n) is 7.86. The molecule has 14 heavy (non-hydrogen) atoms. The largest absolute Gasteiger partial charge is 0.345 e. The summed E-state index contributed by atoms with van der Waals surface area (Å²) in [6, 6.07) is -0.229. The Morgan fingerprint density at radius 2 is 2.14 bits per heavy atom. The quantitative estimate of drug-likeness (QED) is 0.696. The molecule has 0 spiro atoms. The van der Waals surface area contributed by atoms with Gasteiger partial charge in [0.2, 0.25) is 11.0 Å². The van der Waals surface area contributed by atoms with Crippen LogP contribution in [0.5, 0.6) is 0 Å². The van der Waals surface area contributed by atoms with Crippen molar-refractivity contribution >= 4 is 22.8 Å². The van der Waals surface area contributed by atoms with Crippen LogP contribution in [0.2, 0.25) is 0 Å². The standard InChI is InChI=1S/C10H13NO2S/c12-9(7-3-1-2-4-7)11-8-5-6-14-10(8)13/h1-2,7-8H,3-6H2,(H,11,12). The number of rotatable bonds is 2. The monoisotopic (exact) mass is 211 g/mol. The van der Waals surface area contributed by atoms with Crippen LogP contribution in [0, 0.1) is 5.92 Å². The van der Waals surface area contributed by atoms with E-state index in [0.29, 0.717) is 0 Å². The molecule has 1 heterocycles. The van der Waals surface area contributed by atoms with Crippen molar-refractivity contribution in [2.75, 3.05) is 5.75 Å². The lowest BCUT2D eigenvalue weighted by molar-refractivity contribution is -0.127. The van der Waals surface area contributed by atoms with Crippen LogP contribution in [0.1, 0.15) is 19.3 Å². The number of thioether (sulfide) groups is 1. The second-order valence-electron chi connectivity index (χ2n) is 3.66. The van der Waals surface area contributed by atoms with Crippen molar-refractivity contribution in [3.05, 3.63) is 12.2 Å². The molecule has 0 saturated carbocycles. The van der Waals surface area contributed by atoms with Crippen LogP contribution in [0.4, 0.5) is 0 Å². The van der Waals surface area contributed by atoms with E-state index in [4.69, 9.17) is 0 Å². The van der Waals surface area contributed by atoms with Crippen molar-refractivity contribution in [3.63, 3.8) is 0 Å². The minimum atomic E-state index is -0.229. The van der Waals surface area contributed by atoms with E-state index < -0.39 is 0 Å². The number of carbonyl (C=O) groups is 2. The van der Waals surface area contributed by atoms with Gasteiger partial charge in [-0.05, 0) is 19.3 Å². The number of hydrogen-bond acceptors (Lipinski definition) is 3. The molecule has 4 heteroatoms. The third kappa shape index (κ3) is 2.00. The summed E-state index contributed by atoms with van der Waals surface area (Å²) in [4.78, 5) is 22.9. The first kappa shape index (κ1) is 9.77. The first-order valence-electron chi connectivity index (χ1n) is 4.89. The fourth-order valence-electron chi connectivity index (χ4n) is 1.75. The van der Waals surface area contributed by atoms with Crippen LogP contribution < -0.4 is 5.32 Å². The SMILES string of the molecule is O=C(NC1CCSC1=O)C1CC=CC1. The highest BCUT2D eigenvalue weighted by atomic mass is 32.2. The van der Waals surface area contributed by atoms with Crippen molar-refractivity contribution in [1.82, 2.24) is 5.32 Å². The first-order chi connectivity index (χ1) is 6.77. The van der Waals surface area contributed by atoms with Gasteiger partial charge in [0, 0.05) is 11.7 Å². The average molecular weight is 211 g/mol. The Morgan fingerprint density at radius 1 is 1.43 bits per heavy atom. The van der Waals surface area contributed by atoms with Crippen LogP contribution >= 0.6 is 11.8 Å². The van der Waals surface area contributed by atoms with E-state index in [0.717, 1.165) is 25.0 Å². The lowest BCUT2D eigenvalue weighted by Crippen LogP contribution is -2.40. The molecule has 1 fully saturated rings. The maximum absolute atomic E-state index is 11.6. The molecule has 1 amide bonds. The molecule has 1 N–H and O–H groups in total. The van der Waals surface area contributed by atoms with Crippen LogP contribution in [0.25, 0.3) is 0 Å². The fraction of sp³-hybridized carbons (Fsp3) is 0.600. The zero-order valence-corrected chi connectivity index (χ0v) is 8.68. The van der Waals surface area contributed by atoms with Crippen LogP contribution in [-0.4, -0.2) is 22.8 Å². The molecule has 2 aliphatic rings. The smallest absolute Gasteiger partial charge is 0.224 e. The number of amides is 1. The van der Waals surface area contributed by atoms with Crippen molar-refractivity contribution in [1.29, 1.82) is 0 Å². The molecule has 76 valence electrons. The molecule has 0 aromatic heterocycles. The summed E-state index contributed by atoms with van der Waals surface area (Å²) < 4.78 is 0. The first-order valence-corrected chi connectivity index (χ1v) is 5.88. The molecule has 0 aromatic rings. The molecular weight excluding hydrogens is 198 g/mol. The lowest BCUT2D eigenvalue weighted by atomic mass is 10.1. The van der Waals surface area contributed by atoms with E-state index in [1.165, 1.54) is 11.8 Å². The molecule has 1 aliphatic carbocycles. The second-order valence-corrected chi connectivity index (χ2v) is 4.76. The van der Waals surface area contributed by atoms with Gasteiger partial charge in [-0.15, -0.1) is 0 Å². The third-order valence-corrected chi connectivity index (χ3v) is 3.64. The van der Waals surface area contributed by atoms with Crippen LogP contribution in [0.3, 0.4) is 0 Å². The summed E-state index contributed by atoms with van der Waals surface area (Å²) in [5.74, 6) is 0.941. The van der Waals surface area contributed by atoms with E-state index in [2.05, 4.69) is 5.32 Å². The molecule has 0 radical (unpaired) electrons. The molecule has 0 bridgehead atoms. The molecule has 1 unspecified atom stereocenters. The van der Waals surface area contributed by atoms with Gasteiger partial charge in [-0.3, -0.25) is 9.59 Å². The van der Waals surface area contributed by atoms with E-state index >= 15 is 0 Å². The Kier molecular flexibility index (Phi) is 2.91. The van der Waals surface area contributed by atoms with Gasteiger partial charge >= 0.3 is 0 Å². The Bertz CT molecular complexity index is 280. The summed E-state index contributed by atoms with van der Waals surface area (Å²) in [6.45, 7) is 0. The van der Waals surface area contributed by atoms with Crippen molar-refractivity contribution < 1.29 is 9.59 Å². The van der Waals surface area contributed by atoms with Crippen molar-refractivity contribution in [2.45, 2.75) is 25.3 Å². The predicted octanol–water partition coefficient (Wildman–Crippen LogP) is 1.10. The van der Waals surface area contributed by atoms with E-state index in [-0.39, 0.29) is 23.0 Å². The topological polar surface area (TPSA) is 46.2 Å². The fourth-order valence-corrected chi connectivity index (χ4v) is 2.68. The summed E-state index contributed by atoms with van der Waals surface area (Å²) >= 11 is 1.32. The van der Waals surface area contributed by atoms with E-state index in [1.807, 2.05) is 12.2 Å². The Balaban J connectivity index is 1.84. The van der Waals surface area contributed by atoms with Gasteiger partial charge in [-0.25, -0.2) is 0 Å². The normalized spacial score (nSPS) is 27.1. The zero-order chi connectivity index (χ0) is 9.97. The average Bonchev–Trinajstić information content (AvgIpc) is 2.77. The van der Waals surface area contributed by atoms with Gasteiger partial charge in [0.05, 0.1) is 6.04 Å². The highest BCUT2D eigenvalue weighted by Crippen LogP contribution is 2.22. The minimum Gasteiger partial charge on any atom is -0.345 e. The maximum Gasteiger partial charge on any atom is 0.224 e. The van der Waals surface area contributed by atoms with Crippen molar-refractivity contribution in [2.24, 2.45) is 5.92 Å². The summed E-state index contributed by atoms with van der Waals surface area (Å²) in [5.41, 5.74) is 0. The number of nitrogens with one attached hydrogen (secondary N) is 1. The number of carbonyl (C=O) groups excluding carboxylic acids is 2. The minimum absolute atomic E-state index is 0.0378. The van der Waals surface area contributed by atoms with Crippen LogP contribution in [-0.2, 0) is 9.59 Å². The highest BCUT2D eigenvalue weighted by molar-refractivity contribution is 8.14. The predicted molar refractivity (Wildman–Crippen MR) is 55.9 cm³/mol. The van der Waals surface area contributed by atoms with Crippen LogP contribution in [0.15, 0.2) is 12.2 Å². The summed E-state index contributed by atoms with van der Waals surface area (Å²) in [6.07, 6.45) is 6.47. The molecular formula is C10H13NO2S. The van der Waals surface area contributed by atoms with E-state index in [9.17, 15) is 9.59 Å². The number of allylic oxidation sites excluding steroid dienone is 2. The van der Waals surface area contributed by atoms with Gasteiger partial charge in [0.15, 0.2) is 0 Å². The molecule has 0 aromatic carbocycles. The maximum atomic E-state index is 11.6. The second kappa shape index (κ2) is 4.17. The molecule has 2 rings (SSSR count). The molecule has 1 atom stereocenters. The van der Waals surface area contributed by atoms with E-state index in [1.54, 1.807) is 0 Å². The summed E-state index contributed by atoms with van der Waals surface area (Å²) in [5, 5.41) is 2.94. The Morgan fingerprint density at radius 3 is 2.71 bits per heavy atom. The van der Waals surface area contributed by atoms with Gasteiger partial charge < -0.3 is 5.32 Å². The Labute approximate surface area is 87.3 Å². The Hall–Kier alpha value is -0.770. The van der Waals surface area contributed by atoms with Gasteiger partial charge in [-0.1, -0.05) is 23.9 Å². The molecule has 1 aliphatic heterocycles. The third-order valence-electron chi connectivity index (χ3n) is 2.63. The van der Waals surface area contributed by atoms with Gasteiger partial charge in [0.1, 0.15) is 0 Å². The highest BCUT2D eigenvalue weighted by Gasteiger charge is 2.29.